The van der Waals surface area contributed by atoms with E-state index in [0.29, 0.717) is 11.3 Å². The Morgan fingerprint density at radius 3 is 2.83 bits per heavy atom. The number of hydrogen-bond acceptors (Lipinski definition) is 4. The first kappa shape index (κ1) is 14.6. The van der Waals surface area contributed by atoms with Crippen molar-refractivity contribution in [3.05, 3.63) is 17.5 Å². The van der Waals surface area contributed by atoms with Gasteiger partial charge in [-0.25, -0.2) is 13.6 Å². The fourth-order valence-corrected chi connectivity index (χ4v) is 1.59. The van der Waals surface area contributed by atoms with Crippen molar-refractivity contribution in [2.75, 3.05) is 20.2 Å². The molecule has 1 aromatic heterocycles. The summed E-state index contributed by atoms with van der Waals surface area (Å²) in [7, 11) is 3.22. The molecule has 0 N–H and O–H groups in total. The molecule has 0 aromatic carbocycles. The summed E-state index contributed by atoms with van der Waals surface area (Å²) in [5.41, 5.74) is 0.886. The van der Waals surface area contributed by atoms with Crippen LogP contribution in [0.25, 0.3) is 0 Å². The standard InChI is InChI=1S/C11H17F2N3O2/c1-4-18-11(17)8-5-14-16(3)9(8)6-15(2)7-10(12)13/h5,10H,4,6-7H2,1-3H3. The van der Waals surface area contributed by atoms with Crippen LogP contribution in [0, 0.1) is 0 Å². The molecule has 102 valence electrons. The number of halogens is 2. The highest BCUT2D eigenvalue weighted by molar-refractivity contribution is 5.90. The normalized spacial score (nSPS) is 11.3. The molecule has 7 heteroatoms. The molecule has 0 saturated heterocycles. The maximum absolute atomic E-state index is 12.2. The second-order valence-corrected chi connectivity index (χ2v) is 3.94. The van der Waals surface area contributed by atoms with Gasteiger partial charge < -0.3 is 4.74 Å². The summed E-state index contributed by atoms with van der Waals surface area (Å²) in [6, 6.07) is 0. The van der Waals surface area contributed by atoms with E-state index in [1.807, 2.05) is 0 Å². The Kier molecular flexibility index (Phi) is 5.21. The number of rotatable bonds is 6. The van der Waals surface area contributed by atoms with E-state index in [0.717, 1.165) is 0 Å². The maximum Gasteiger partial charge on any atom is 0.341 e. The lowest BCUT2D eigenvalue weighted by atomic mass is 10.2. The van der Waals surface area contributed by atoms with Gasteiger partial charge in [0.15, 0.2) is 0 Å². The number of esters is 1. The van der Waals surface area contributed by atoms with E-state index < -0.39 is 12.4 Å². The summed E-state index contributed by atoms with van der Waals surface area (Å²) < 4.78 is 30.9. The van der Waals surface area contributed by atoms with Crippen molar-refractivity contribution < 1.29 is 18.3 Å². The summed E-state index contributed by atoms with van der Waals surface area (Å²) in [6.45, 7) is 1.83. The molecule has 0 bridgehead atoms. The molecule has 0 unspecified atom stereocenters. The molecule has 5 nitrogen and oxygen atoms in total. The SMILES string of the molecule is CCOC(=O)c1cnn(C)c1CN(C)CC(F)F. The molecule has 0 aliphatic heterocycles. The molecule has 1 rings (SSSR count). The first-order chi connectivity index (χ1) is 8.45. The Morgan fingerprint density at radius 1 is 1.61 bits per heavy atom. The van der Waals surface area contributed by atoms with Crippen LogP contribution in [0.2, 0.25) is 0 Å². The number of carbonyl (C=O) groups is 1. The number of ether oxygens (including phenoxy) is 1. The summed E-state index contributed by atoms with van der Waals surface area (Å²) in [4.78, 5) is 13.1. The van der Waals surface area contributed by atoms with Gasteiger partial charge in [0, 0.05) is 13.6 Å². The van der Waals surface area contributed by atoms with Crippen molar-refractivity contribution in [2.45, 2.75) is 19.9 Å². The molecule has 0 spiro atoms. The van der Waals surface area contributed by atoms with Gasteiger partial charge in [0.25, 0.3) is 6.43 Å². The van der Waals surface area contributed by atoms with Crippen LogP contribution >= 0.6 is 0 Å². The number of carbonyl (C=O) groups excluding carboxylic acids is 1. The Labute approximate surface area is 104 Å². The third kappa shape index (κ3) is 3.76. The Balaban J connectivity index is 2.81. The van der Waals surface area contributed by atoms with E-state index in [9.17, 15) is 13.6 Å². The molecule has 18 heavy (non-hydrogen) atoms. The topological polar surface area (TPSA) is 47.4 Å². The third-order valence-electron chi connectivity index (χ3n) is 2.43. The van der Waals surface area contributed by atoms with E-state index in [2.05, 4.69) is 5.10 Å². The number of aryl methyl sites for hydroxylation is 1. The molecule has 0 aliphatic rings. The molecule has 0 amide bonds. The van der Waals surface area contributed by atoms with Crippen LogP contribution in [0.4, 0.5) is 8.78 Å². The Bertz CT molecular complexity index is 407. The van der Waals surface area contributed by atoms with Crippen molar-refractivity contribution in [1.82, 2.24) is 14.7 Å². The highest BCUT2D eigenvalue weighted by Gasteiger charge is 2.19. The predicted molar refractivity (Wildman–Crippen MR) is 61.5 cm³/mol. The summed E-state index contributed by atoms with van der Waals surface area (Å²) in [5, 5.41) is 3.95. The van der Waals surface area contributed by atoms with E-state index in [-0.39, 0.29) is 19.7 Å². The quantitative estimate of drug-likeness (QED) is 0.724. The molecule has 0 aliphatic carbocycles. The molecular formula is C11H17F2N3O2. The van der Waals surface area contributed by atoms with Crippen LogP contribution in [-0.2, 0) is 18.3 Å². The molecule has 1 heterocycles. The van der Waals surface area contributed by atoms with Crippen LogP contribution in [0.5, 0.6) is 0 Å². The molecule has 0 atom stereocenters. The van der Waals surface area contributed by atoms with Gasteiger partial charge >= 0.3 is 5.97 Å². The monoisotopic (exact) mass is 261 g/mol. The number of hydrogen-bond donors (Lipinski definition) is 0. The van der Waals surface area contributed by atoms with Gasteiger partial charge in [-0.3, -0.25) is 9.58 Å². The van der Waals surface area contributed by atoms with Gasteiger partial charge in [0.1, 0.15) is 5.56 Å². The smallest absolute Gasteiger partial charge is 0.341 e. The lowest BCUT2D eigenvalue weighted by Gasteiger charge is -2.16. The van der Waals surface area contributed by atoms with Gasteiger partial charge in [-0.2, -0.15) is 5.10 Å². The number of aromatic nitrogens is 2. The summed E-state index contributed by atoms with van der Waals surface area (Å²) >= 11 is 0. The Hall–Kier alpha value is -1.50. The molecule has 0 saturated carbocycles. The lowest BCUT2D eigenvalue weighted by molar-refractivity contribution is 0.0523. The highest BCUT2D eigenvalue weighted by atomic mass is 19.3. The lowest BCUT2D eigenvalue weighted by Crippen LogP contribution is -2.26. The second-order valence-electron chi connectivity index (χ2n) is 3.94. The second kappa shape index (κ2) is 6.44. The van der Waals surface area contributed by atoms with Crippen LogP contribution in [0.3, 0.4) is 0 Å². The van der Waals surface area contributed by atoms with Crippen molar-refractivity contribution >= 4 is 5.97 Å². The zero-order valence-electron chi connectivity index (χ0n) is 10.7. The molecule has 1 aromatic rings. The fourth-order valence-electron chi connectivity index (χ4n) is 1.59. The molecule has 0 fully saturated rings. The van der Waals surface area contributed by atoms with Crippen molar-refractivity contribution in [3.8, 4) is 0 Å². The fraction of sp³-hybridized carbons (Fsp3) is 0.636. The van der Waals surface area contributed by atoms with E-state index >= 15 is 0 Å². The van der Waals surface area contributed by atoms with Gasteiger partial charge in [-0.15, -0.1) is 0 Å². The van der Waals surface area contributed by atoms with Crippen LogP contribution in [0.15, 0.2) is 6.20 Å². The molecular weight excluding hydrogens is 244 g/mol. The van der Waals surface area contributed by atoms with Crippen molar-refractivity contribution in [2.24, 2.45) is 7.05 Å². The molecule has 0 radical (unpaired) electrons. The van der Waals surface area contributed by atoms with Crippen LogP contribution in [-0.4, -0.2) is 47.3 Å². The number of nitrogens with zero attached hydrogens (tertiary/aromatic N) is 3. The first-order valence-electron chi connectivity index (χ1n) is 5.60. The van der Waals surface area contributed by atoms with Gasteiger partial charge in [-0.05, 0) is 14.0 Å². The van der Waals surface area contributed by atoms with Crippen LogP contribution < -0.4 is 0 Å². The Morgan fingerprint density at radius 2 is 2.28 bits per heavy atom. The largest absolute Gasteiger partial charge is 0.462 e. The number of alkyl halides is 2. The minimum Gasteiger partial charge on any atom is -0.462 e. The van der Waals surface area contributed by atoms with Gasteiger partial charge in [0.05, 0.1) is 25.0 Å². The van der Waals surface area contributed by atoms with E-state index in [1.54, 1.807) is 21.0 Å². The van der Waals surface area contributed by atoms with E-state index in [1.165, 1.54) is 15.8 Å². The third-order valence-corrected chi connectivity index (χ3v) is 2.43. The van der Waals surface area contributed by atoms with Gasteiger partial charge in [0.2, 0.25) is 0 Å². The van der Waals surface area contributed by atoms with Crippen molar-refractivity contribution in [1.29, 1.82) is 0 Å². The van der Waals surface area contributed by atoms with Gasteiger partial charge in [-0.1, -0.05) is 0 Å². The minimum atomic E-state index is -2.41. The highest BCUT2D eigenvalue weighted by Crippen LogP contribution is 2.12. The predicted octanol–water partition coefficient (Wildman–Crippen LogP) is 1.29. The summed E-state index contributed by atoms with van der Waals surface area (Å²) in [5.74, 6) is -0.481. The van der Waals surface area contributed by atoms with Crippen LogP contribution in [0.1, 0.15) is 23.0 Å². The summed E-state index contributed by atoms with van der Waals surface area (Å²) in [6.07, 6.45) is -1.02. The average Bonchev–Trinajstić information content (AvgIpc) is 2.60. The maximum atomic E-state index is 12.2. The first-order valence-corrected chi connectivity index (χ1v) is 5.60. The zero-order chi connectivity index (χ0) is 13.7. The average molecular weight is 261 g/mol. The minimum absolute atomic E-state index is 0.217. The van der Waals surface area contributed by atoms with Crippen molar-refractivity contribution in [3.63, 3.8) is 0 Å². The van der Waals surface area contributed by atoms with E-state index in [4.69, 9.17) is 4.74 Å². The zero-order valence-corrected chi connectivity index (χ0v) is 10.7.